The van der Waals surface area contributed by atoms with Crippen LogP contribution in [-0.2, 0) is 9.36 Å². The molecule has 6 N–H and O–H groups in total. The maximum atomic E-state index is 13.0. The number of halogens is 1. The van der Waals surface area contributed by atoms with Gasteiger partial charge in [-0.05, 0) is 46.7 Å². The second-order valence-electron chi connectivity index (χ2n) is 7.09. The van der Waals surface area contributed by atoms with Crippen molar-refractivity contribution in [3.8, 4) is 0 Å². The van der Waals surface area contributed by atoms with E-state index in [1.807, 2.05) is 0 Å². The zero-order valence-electron chi connectivity index (χ0n) is 17.3. The van der Waals surface area contributed by atoms with E-state index < -0.39 is 31.0 Å². The Morgan fingerprint density at radius 1 is 1.18 bits per heavy atom. The molecule has 3 rings (SSSR count). The summed E-state index contributed by atoms with van der Waals surface area (Å²) in [4.78, 5) is 47.1. The van der Waals surface area contributed by atoms with Gasteiger partial charge in [0, 0.05) is 28.2 Å². The number of primary amides is 2. The minimum absolute atomic E-state index is 0.112. The number of nitrogens with zero attached hydrogens (tertiary/aromatic N) is 1. The Bertz CT molecular complexity index is 1300. The van der Waals surface area contributed by atoms with Gasteiger partial charge in [0.1, 0.15) is 5.66 Å². The van der Waals surface area contributed by atoms with Gasteiger partial charge in [-0.1, -0.05) is 29.8 Å². The molecule has 1 aromatic heterocycles. The van der Waals surface area contributed by atoms with Crippen LogP contribution >= 0.6 is 30.3 Å². The Labute approximate surface area is 198 Å². The van der Waals surface area contributed by atoms with Crippen LogP contribution < -0.4 is 21.7 Å². The second kappa shape index (κ2) is 9.76. The van der Waals surface area contributed by atoms with Crippen LogP contribution in [0.2, 0.25) is 5.02 Å². The third-order valence-corrected chi connectivity index (χ3v) is 7.38. The Balaban J connectivity index is 1.91. The number of fused-ring (bicyclic) bond motifs is 1. The van der Waals surface area contributed by atoms with E-state index in [0.29, 0.717) is 26.4 Å². The Kier molecular flexibility index (Phi) is 7.24. The molecule has 0 spiro atoms. The molecule has 9 nitrogen and oxygen atoms in total. The Morgan fingerprint density at radius 3 is 2.48 bits per heavy atom. The molecule has 2 atom stereocenters. The number of imide groups is 1. The minimum Gasteiger partial charge on any atom is -0.351 e. The predicted octanol–water partition coefficient (Wildman–Crippen LogP) is 4.25. The zero-order valence-corrected chi connectivity index (χ0v) is 19.7. The molecule has 0 aliphatic rings. The number of para-hydroxylation sites is 1. The maximum absolute atomic E-state index is 13.0. The molecule has 33 heavy (non-hydrogen) atoms. The molecule has 12 heteroatoms. The summed E-state index contributed by atoms with van der Waals surface area (Å²) in [6, 6.07) is 9.23. The molecular weight excluding hydrogens is 487 g/mol. The van der Waals surface area contributed by atoms with Gasteiger partial charge in [0.15, 0.2) is 0 Å². The molecule has 3 aromatic rings. The standard InChI is InChI=1S/C21H20ClN4O5PS/c1-32(30,31)18(15-11-33-17-7-6-13(22)10-14(15)17)19(27)25-9-8-12-4-2-3-5-16(12)26(20(23)28)21(24)29/h2-11,18H,1H3,(H2,23,28)(H2,24,29)(H,25,27)(H,30,31)/b9-8+. The van der Waals surface area contributed by atoms with Crippen molar-refractivity contribution in [1.82, 2.24) is 5.32 Å². The lowest BCUT2D eigenvalue weighted by molar-refractivity contribution is -0.120. The van der Waals surface area contributed by atoms with Crippen LogP contribution in [0.3, 0.4) is 0 Å². The molecule has 172 valence electrons. The molecule has 5 amide bonds. The average molecular weight is 507 g/mol. The fourth-order valence-electron chi connectivity index (χ4n) is 3.32. The topological polar surface area (TPSA) is 156 Å². The second-order valence-corrected chi connectivity index (χ2v) is 10.8. The van der Waals surface area contributed by atoms with E-state index in [1.54, 1.807) is 41.8 Å². The number of anilines is 1. The summed E-state index contributed by atoms with van der Waals surface area (Å²) in [5.41, 5.74) is 10.00. The molecule has 0 radical (unpaired) electrons. The van der Waals surface area contributed by atoms with Gasteiger partial charge in [0.25, 0.3) is 0 Å². The molecule has 0 saturated heterocycles. The van der Waals surface area contributed by atoms with Crippen molar-refractivity contribution in [2.75, 3.05) is 11.6 Å². The molecule has 2 unspecified atom stereocenters. The monoisotopic (exact) mass is 506 g/mol. The van der Waals surface area contributed by atoms with E-state index in [0.717, 1.165) is 11.4 Å². The van der Waals surface area contributed by atoms with E-state index in [2.05, 4.69) is 5.32 Å². The van der Waals surface area contributed by atoms with Crippen LogP contribution in [0.25, 0.3) is 16.2 Å². The van der Waals surface area contributed by atoms with E-state index in [4.69, 9.17) is 23.1 Å². The van der Waals surface area contributed by atoms with Gasteiger partial charge in [-0.2, -0.15) is 0 Å². The maximum Gasteiger partial charge on any atom is 0.327 e. The van der Waals surface area contributed by atoms with Crippen LogP contribution in [0, 0.1) is 0 Å². The van der Waals surface area contributed by atoms with Crippen molar-refractivity contribution in [2.24, 2.45) is 11.5 Å². The highest BCUT2D eigenvalue weighted by Crippen LogP contribution is 2.54. The predicted molar refractivity (Wildman–Crippen MR) is 131 cm³/mol. The van der Waals surface area contributed by atoms with Crippen molar-refractivity contribution >= 4 is 70.1 Å². The molecule has 0 bridgehead atoms. The molecule has 0 fully saturated rings. The quantitative estimate of drug-likeness (QED) is 0.368. The first-order valence-corrected chi connectivity index (χ1v) is 12.9. The van der Waals surface area contributed by atoms with Gasteiger partial charge in [-0.3, -0.25) is 9.36 Å². The van der Waals surface area contributed by atoms with Crippen molar-refractivity contribution in [2.45, 2.75) is 5.66 Å². The Hall–Kier alpha value is -3.17. The summed E-state index contributed by atoms with van der Waals surface area (Å²) >= 11 is 7.41. The summed E-state index contributed by atoms with van der Waals surface area (Å²) in [6.07, 6.45) is 2.65. The molecule has 0 aliphatic heterocycles. The number of carbonyl (C=O) groups excluding carboxylic acids is 3. The van der Waals surface area contributed by atoms with E-state index in [-0.39, 0.29) is 5.69 Å². The third-order valence-electron chi connectivity index (χ3n) is 4.69. The number of hydrogen-bond acceptors (Lipinski definition) is 5. The molecule has 0 saturated carbocycles. The number of thiophene rings is 1. The fourth-order valence-corrected chi connectivity index (χ4v) is 5.80. The van der Waals surface area contributed by atoms with E-state index in [1.165, 1.54) is 29.7 Å². The van der Waals surface area contributed by atoms with Gasteiger partial charge >= 0.3 is 12.1 Å². The summed E-state index contributed by atoms with van der Waals surface area (Å²) in [6.45, 7) is 1.11. The zero-order chi connectivity index (χ0) is 24.3. The number of carbonyl (C=O) groups is 3. The average Bonchev–Trinajstić information content (AvgIpc) is 3.10. The van der Waals surface area contributed by atoms with Gasteiger partial charge in [0.2, 0.25) is 13.3 Å². The summed E-state index contributed by atoms with van der Waals surface area (Å²) in [5, 5.41) is 5.22. The van der Waals surface area contributed by atoms with Crippen LogP contribution in [0.15, 0.2) is 54.0 Å². The van der Waals surface area contributed by atoms with Gasteiger partial charge < -0.3 is 21.7 Å². The fraction of sp³-hybridized carbons (Fsp3) is 0.0952. The number of hydrogen-bond donors (Lipinski definition) is 4. The largest absolute Gasteiger partial charge is 0.351 e. The van der Waals surface area contributed by atoms with Crippen molar-refractivity contribution < 1.29 is 23.8 Å². The van der Waals surface area contributed by atoms with E-state index >= 15 is 0 Å². The van der Waals surface area contributed by atoms with Gasteiger partial charge in [-0.25, -0.2) is 14.5 Å². The smallest absolute Gasteiger partial charge is 0.327 e. The SMILES string of the molecule is CP(=O)(O)C(C(=O)N/C=C/c1ccccc1N(C(N)=O)C(N)=O)c1csc2ccc(Cl)cc12. The normalized spacial score (nSPS) is 14.0. The van der Waals surface area contributed by atoms with E-state index in [9.17, 15) is 23.8 Å². The molecule has 0 aliphatic carbocycles. The molecule has 1 heterocycles. The van der Waals surface area contributed by atoms with Crippen LogP contribution in [0.5, 0.6) is 0 Å². The molecular formula is C21H20ClN4O5PS. The number of benzene rings is 2. The van der Waals surface area contributed by atoms with Crippen LogP contribution in [0.4, 0.5) is 15.3 Å². The van der Waals surface area contributed by atoms with Gasteiger partial charge in [0.05, 0.1) is 5.69 Å². The highest BCUT2D eigenvalue weighted by Gasteiger charge is 2.36. The number of amides is 5. The van der Waals surface area contributed by atoms with Crippen molar-refractivity contribution in [3.05, 3.63) is 70.2 Å². The highest BCUT2D eigenvalue weighted by atomic mass is 35.5. The van der Waals surface area contributed by atoms with Gasteiger partial charge in [-0.15, -0.1) is 11.3 Å². The lowest BCUT2D eigenvalue weighted by atomic mass is 10.1. The van der Waals surface area contributed by atoms with Crippen LogP contribution in [-0.4, -0.2) is 29.5 Å². The Morgan fingerprint density at radius 2 is 1.85 bits per heavy atom. The first-order valence-electron chi connectivity index (χ1n) is 9.42. The first-order chi connectivity index (χ1) is 15.5. The summed E-state index contributed by atoms with van der Waals surface area (Å²) in [5.74, 6) is -0.710. The number of nitrogens with one attached hydrogen (secondary N) is 1. The lowest BCUT2D eigenvalue weighted by Gasteiger charge is -2.19. The number of urea groups is 2. The van der Waals surface area contributed by atoms with Crippen LogP contribution in [0.1, 0.15) is 16.8 Å². The lowest BCUT2D eigenvalue weighted by Crippen LogP contribution is -2.44. The summed E-state index contributed by atoms with van der Waals surface area (Å²) < 4.78 is 13.5. The highest BCUT2D eigenvalue weighted by molar-refractivity contribution is 7.58. The van der Waals surface area contributed by atoms with Crippen molar-refractivity contribution in [3.63, 3.8) is 0 Å². The minimum atomic E-state index is -3.92. The number of rotatable bonds is 6. The summed E-state index contributed by atoms with van der Waals surface area (Å²) in [7, 11) is -3.92. The third kappa shape index (κ3) is 5.43. The van der Waals surface area contributed by atoms with Crippen molar-refractivity contribution in [1.29, 1.82) is 0 Å². The number of nitrogens with two attached hydrogens (primary N) is 2. The molecule has 2 aromatic carbocycles. The first kappa shape index (κ1) is 24.5.